The second kappa shape index (κ2) is 3.84. The van der Waals surface area contributed by atoms with Crippen molar-refractivity contribution in [2.24, 2.45) is 0 Å². The molecule has 1 heterocycles. The van der Waals surface area contributed by atoms with Crippen molar-refractivity contribution >= 4 is 10.9 Å². The van der Waals surface area contributed by atoms with Crippen molar-refractivity contribution in [1.29, 1.82) is 0 Å². The lowest BCUT2D eigenvalue weighted by atomic mass is 10.2. The van der Waals surface area contributed by atoms with Crippen LogP contribution in [0.2, 0.25) is 0 Å². The van der Waals surface area contributed by atoms with Crippen LogP contribution in [-0.4, -0.2) is 4.57 Å². The lowest BCUT2D eigenvalue weighted by Gasteiger charge is -2.05. The highest BCUT2D eigenvalue weighted by molar-refractivity contribution is 5.81. The summed E-state index contributed by atoms with van der Waals surface area (Å²) in [4.78, 5) is 0. The molecule has 0 fully saturated rings. The molecule has 0 saturated carbocycles. The summed E-state index contributed by atoms with van der Waals surface area (Å²) in [6.45, 7) is 0. The Morgan fingerprint density at radius 1 is 0.882 bits per heavy atom. The fourth-order valence-corrected chi connectivity index (χ4v) is 2.03. The minimum Gasteiger partial charge on any atom is -0.317 e. The molecule has 0 bridgehead atoms. The number of terminal acetylenes is 1. The fourth-order valence-electron chi connectivity index (χ4n) is 2.03. The van der Waals surface area contributed by atoms with Gasteiger partial charge in [-0.1, -0.05) is 24.1 Å². The number of nitrogens with zero attached hydrogens (tertiary/aromatic N) is 1. The van der Waals surface area contributed by atoms with Gasteiger partial charge in [-0.25, -0.2) is 0 Å². The zero-order valence-electron chi connectivity index (χ0n) is 9.30. The molecule has 0 amide bonds. The molecule has 1 nitrogen and oxygen atoms in total. The van der Waals surface area contributed by atoms with Gasteiger partial charge in [-0.2, -0.15) is 0 Å². The van der Waals surface area contributed by atoms with E-state index in [2.05, 4.69) is 40.9 Å². The molecular weight excluding hydrogens is 206 g/mol. The summed E-state index contributed by atoms with van der Waals surface area (Å²) in [5.74, 6) is 2.63. The Bertz CT molecular complexity index is 696. The zero-order valence-corrected chi connectivity index (χ0v) is 9.30. The summed E-state index contributed by atoms with van der Waals surface area (Å²) < 4.78 is 2.16. The first-order chi connectivity index (χ1) is 8.38. The van der Waals surface area contributed by atoms with Crippen LogP contribution in [0.5, 0.6) is 0 Å². The molecule has 17 heavy (non-hydrogen) atoms. The van der Waals surface area contributed by atoms with E-state index in [-0.39, 0.29) is 0 Å². The second-order valence-electron chi connectivity index (χ2n) is 3.94. The van der Waals surface area contributed by atoms with Gasteiger partial charge in [-0.05, 0) is 41.8 Å². The van der Waals surface area contributed by atoms with E-state index in [0.717, 1.165) is 11.3 Å². The predicted molar refractivity (Wildman–Crippen MR) is 71.2 cm³/mol. The van der Waals surface area contributed by atoms with Crippen molar-refractivity contribution in [3.8, 4) is 18.0 Å². The average Bonchev–Trinajstić information content (AvgIpc) is 2.83. The highest BCUT2D eigenvalue weighted by Crippen LogP contribution is 2.20. The molecule has 80 valence electrons. The molecule has 1 heteroatoms. The maximum absolute atomic E-state index is 5.35. The normalized spacial score (nSPS) is 10.3. The first-order valence-electron chi connectivity index (χ1n) is 5.51. The van der Waals surface area contributed by atoms with Crippen LogP contribution in [0.15, 0.2) is 60.8 Å². The third-order valence-electron chi connectivity index (χ3n) is 2.91. The standard InChI is InChI=1S/C16H11N/c1-2-13-7-9-15(10-8-13)17-12-11-14-5-3-4-6-16(14)17/h1,3-12H. The number of para-hydroxylation sites is 1. The largest absolute Gasteiger partial charge is 0.317 e. The molecule has 0 radical (unpaired) electrons. The molecule has 0 atom stereocenters. The molecule has 1 aromatic heterocycles. The summed E-state index contributed by atoms with van der Waals surface area (Å²) in [7, 11) is 0. The molecule has 0 unspecified atom stereocenters. The van der Waals surface area contributed by atoms with Crippen molar-refractivity contribution in [2.75, 3.05) is 0 Å². The van der Waals surface area contributed by atoms with Gasteiger partial charge in [0.25, 0.3) is 0 Å². The Labute approximate surface area is 100 Å². The summed E-state index contributed by atoms with van der Waals surface area (Å²) in [5.41, 5.74) is 3.25. The minimum absolute atomic E-state index is 0.908. The van der Waals surface area contributed by atoms with Crippen LogP contribution in [-0.2, 0) is 0 Å². The van der Waals surface area contributed by atoms with E-state index in [1.165, 1.54) is 10.9 Å². The van der Waals surface area contributed by atoms with Crippen molar-refractivity contribution in [3.05, 3.63) is 66.4 Å². The van der Waals surface area contributed by atoms with E-state index < -0.39 is 0 Å². The monoisotopic (exact) mass is 217 g/mol. The van der Waals surface area contributed by atoms with E-state index in [0.29, 0.717) is 0 Å². The zero-order chi connectivity index (χ0) is 11.7. The molecule has 0 N–H and O–H groups in total. The molecule has 0 aliphatic carbocycles. The molecule has 0 aliphatic rings. The summed E-state index contributed by atoms with van der Waals surface area (Å²) in [6, 6.07) is 18.5. The Hall–Kier alpha value is -2.46. The summed E-state index contributed by atoms with van der Waals surface area (Å²) >= 11 is 0. The van der Waals surface area contributed by atoms with Crippen LogP contribution >= 0.6 is 0 Å². The highest BCUT2D eigenvalue weighted by Gasteiger charge is 2.01. The van der Waals surface area contributed by atoms with Gasteiger partial charge in [0.2, 0.25) is 0 Å². The lowest BCUT2D eigenvalue weighted by molar-refractivity contribution is 1.13. The van der Waals surface area contributed by atoms with Gasteiger partial charge >= 0.3 is 0 Å². The van der Waals surface area contributed by atoms with Crippen LogP contribution in [0.1, 0.15) is 5.56 Å². The Balaban J connectivity index is 2.17. The second-order valence-corrected chi connectivity index (χ2v) is 3.94. The van der Waals surface area contributed by atoms with E-state index in [1.807, 2.05) is 30.3 Å². The third kappa shape index (κ3) is 1.60. The SMILES string of the molecule is C#Cc1ccc(-n2ccc3ccccc32)cc1. The molecular formula is C16H11N. The van der Waals surface area contributed by atoms with Gasteiger partial charge in [0, 0.05) is 17.4 Å². The van der Waals surface area contributed by atoms with Gasteiger partial charge < -0.3 is 4.57 Å². The van der Waals surface area contributed by atoms with Gasteiger partial charge in [0.05, 0.1) is 5.52 Å². The van der Waals surface area contributed by atoms with Crippen LogP contribution < -0.4 is 0 Å². The van der Waals surface area contributed by atoms with Crippen molar-refractivity contribution in [2.45, 2.75) is 0 Å². The maximum Gasteiger partial charge on any atom is 0.0528 e. The lowest BCUT2D eigenvalue weighted by Crippen LogP contribution is -1.91. The number of fused-ring (bicyclic) bond motifs is 1. The van der Waals surface area contributed by atoms with Gasteiger partial charge in [0.1, 0.15) is 0 Å². The fraction of sp³-hybridized carbons (Fsp3) is 0. The number of hydrogen-bond acceptors (Lipinski definition) is 0. The van der Waals surface area contributed by atoms with Crippen molar-refractivity contribution in [3.63, 3.8) is 0 Å². The van der Waals surface area contributed by atoms with E-state index >= 15 is 0 Å². The van der Waals surface area contributed by atoms with Gasteiger partial charge in [-0.15, -0.1) is 6.42 Å². The molecule has 0 aliphatic heterocycles. The van der Waals surface area contributed by atoms with E-state index in [1.54, 1.807) is 0 Å². The topological polar surface area (TPSA) is 4.93 Å². The summed E-state index contributed by atoms with van der Waals surface area (Å²) in [5, 5.41) is 1.24. The molecule has 3 aromatic rings. The quantitative estimate of drug-likeness (QED) is 0.549. The molecule has 3 rings (SSSR count). The first kappa shape index (κ1) is 9.74. The summed E-state index contributed by atoms with van der Waals surface area (Å²) in [6.07, 6.45) is 7.43. The van der Waals surface area contributed by atoms with Crippen LogP contribution in [0.3, 0.4) is 0 Å². The third-order valence-corrected chi connectivity index (χ3v) is 2.91. The predicted octanol–water partition coefficient (Wildman–Crippen LogP) is 3.61. The van der Waals surface area contributed by atoms with Crippen molar-refractivity contribution in [1.82, 2.24) is 4.57 Å². The Morgan fingerprint density at radius 2 is 1.65 bits per heavy atom. The van der Waals surface area contributed by atoms with Crippen LogP contribution in [0.25, 0.3) is 16.6 Å². The number of aromatic nitrogens is 1. The number of benzene rings is 2. The number of rotatable bonds is 1. The van der Waals surface area contributed by atoms with E-state index in [4.69, 9.17) is 6.42 Å². The Morgan fingerprint density at radius 3 is 2.41 bits per heavy atom. The average molecular weight is 217 g/mol. The molecule has 0 saturated heterocycles. The van der Waals surface area contributed by atoms with Gasteiger partial charge in [-0.3, -0.25) is 0 Å². The minimum atomic E-state index is 0.908. The van der Waals surface area contributed by atoms with Crippen LogP contribution in [0, 0.1) is 12.3 Å². The maximum atomic E-state index is 5.35. The Kier molecular flexibility index (Phi) is 2.20. The van der Waals surface area contributed by atoms with Crippen LogP contribution in [0.4, 0.5) is 0 Å². The van der Waals surface area contributed by atoms with E-state index in [9.17, 15) is 0 Å². The highest BCUT2D eigenvalue weighted by atomic mass is 15.0. The molecule has 2 aromatic carbocycles. The van der Waals surface area contributed by atoms with Gasteiger partial charge in [0.15, 0.2) is 0 Å². The number of hydrogen-bond donors (Lipinski definition) is 0. The van der Waals surface area contributed by atoms with Crippen molar-refractivity contribution < 1.29 is 0 Å². The first-order valence-corrected chi connectivity index (χ1v) is 5.51. The molecule has 0 spiro atoms. The smallest absolute Gasteiger partial charge is 0.0528 e.